The van der Waals surface area contributed by atoms with Gasteiger partial charge in [-0.1, -0.05) is 24.3 Å². The normalized spacial score (nSPS) is 14.7. The zero-order valence-electron chi connectivity index (χ0n) is 17.7. The lowest BCUT2D eigenvalue weighted by Crippen LogP contribution is -2.44. The van der Waals surface area contributed by atoms with E-state index in [2.05, 4.69) is 31.0 Å². The first-order valence-electron chi connectivity index (χ1n) is 10.4. The van der Waals surface area contributed by atoms with Crippen LogP contribution in [0.1, 0.15) is 24.1 Å². The van der Waals surface area contributed by atoms with Crippen molar-refractivity contribution in [3.05, 3.63) is 71.9 Å². The van der Waals surface area contributed by atoms with Crippen LogP contribution in [-0.4, -0.2) is 37.5 Å². The molecule has 0 unspecified atom stereocenters. The predicted molar refractivity (Wildman–Crippen MR) is 123 cm³/mol. The zero-order valence-corrected chi connectivity index (χ0v) is 18.5. The van der Waals surface area contributed by atoms with E-state index in [0.717, 1.165) is 17.2 Å². The summed E-state index contributed by atoms with van der Waals surface area (Å²) in [6.45, 7) is 3.27. The number of anilines is 3. The molecule has 4 rings (SSSR count). The number of nitrogens with zero attached hydrogens (tertiary/aromatic N) is 4. The number of aryl methyl sites for hydroxylation is 1. The maximum Gasteiger partial charge on any atom is 0.240 e. The lowest BCUT2D eigenvalue weighted by atomic mass is 10.1. The molecule has 0 amide bonds. The highest BCUT2D eigenvalue weighted by atomic mass is 32.2. The number of piperidine rings is 1. The maximum absolute atomic E-state index is 12.6. The van der Waals surface area contributed by atoms with Crippen LogP contribution in [0.25, 0.3) is 0 Å². The van der Waals surface area contributed by atoms with Gasteiger partial charge < -0.3 is 10.2 Å². The second-order valence-electron chi connectivity index (χ2n) is 7.70. The third-order valence-electron chi connectivity index (χ3n) is 5.28. The number of nitrogens with one attached hydrogen (secondary N) is 2. The number of rotatable bonds is 6. The van der Waals surface area contributed by atoms with Crippen LogP contribution in [0, 0.1) is 18.3 Å². The van der Waals surface area contributed by atoms with E-state index >= 15 is 0 Å². The first-order valence-corrected chi connectivity index (χ1v) is 11.9. The van der Waals surface area contributed by atoms with Crippen molar-refractivity contribution in [3.8, 4) is 6.07 Å². The molecule has 0 spiro atoms. The standard InChI is InChI=1S/C23H24N6O2S/c1-17-14-22(27-23(25-17)26-20-7-5-6-18(15-20)16-24)29-12-10-19(11-13-29)28-32(30,31)21-8-3-2-4-9-21/h2-9,14-15,19,28H,10-13H2,1H3,(H,25,26,27). The van der Waals surface area contributed by atoms with Crippen molar-refractivity contribution < 1.29 is 8.42 Å². The maximum atomic E-state index is 12.6. The fourth-order valence-electron chi connectivity index (χ4n) is 3.68. The average molecular weight is 449 g/mol. The van der Waals surface area contributed by atoms with Crippen molar-refractivity contribution in [1.82, 2.24) is 14.7 Å². The Morgan fingerprint density at radius 2 is 1.78 bits per heavy atom. The summed E-state index contributed by atoms with van der Waals surface area (Å²) >= 11 is 0. The van der Waals surface area contributed by atoms with Gasteiger partial charge in [0.1, 0.15) is 5.82 Å². The summed E-state index contributed by atoms with van der Waals surface area (Å²) in [5.41, 5.74) is 2.12. The Hall–Kier alpha value is -3.48. The Morgan fingerprint density at radius 3 is 2.50 bits per heavy atom. The van der Waals surface area contributed by atoms with Gasteiger partial charge in [0.15, 0.2) is 0 Å². The average Bonchev–Trinajstić information content (AvgIpc) is 2.80. The molecule has 2 aromatic carbocycles. The third kappa shape index (κ3) is 5.22. The van der Waals surface area contributed by atoms with Crippen LogP contribution in [0.2, 0.25) is 0 Å². The largest absolute Gasteiger partial charge is 0.356 e. The fraction of sp³-hybridized carbons (Fsp3) is 0.261. The number of sulfonamides is 1. The number of hydrogen-bond donors (Lipinski definition) is 2. The van der Waals surface area contributed by atoms with Gasteiger partial charge in [-0.15, -0.1) is 0 Å². The molecular weight excluding hydrogens is 424 g/mol. The Balaban J connectivity index is 1.42. The van der Waals surface area contributed by atoms with E-state index in [0.29, 0.717) is 37.4 Å². The van der Waals surface area contributed by atoms with Crippen molar-refractivity contribution in [2.45, 2.75) is 30.7 Å². The third-order valence-corrected chi connectivity index (χ3v) is 6.82. The van der Waals surface area contributed by atoms with Gasteiger partial charge in [-0.3, -0.25) is 0 Å². The summed E-state index contributed by atoms with van der Waals surface area (Å²) in [6, 6.07) is 19.5. The second-order valence-corrected chi connectivity index (χ2v) is 9.42. The number of benzene rings is 2. The smallest absolute Gasteiger partial charge is 0.240 e. The SMILES string of the molecule is Cc1cc(N2CCC(NS(=O)(=O)c3ccccc3)CC2)nc(Nc2cccc(C#N)c2)n1. The minimum atomic E-state index is -3.52. The van der Waals surface area contributed by atoms with E-state index in [1.165, 1.54) is 0 Å². The lowest BCUT2D eigenvalue weighted by molar-refractivity contribution is 0.458. The van der Waals surface area contributed by atoms with Crippen molar-refractivity contribution in [2.75, 3.05) is 23.3 Å². The van der Waals surface area contributed by atoms with E-state index in [4.69, 9.17) is 5.26 Å². The molecule has 3 aromatic rings. The molecule has 164 valence electrons. The van der Waals surface area contributed by atoms with Gasteiger partial charge >= 0.3 is 0 Å². The zero-order chi connectivity index (χ0) is 22.6. The Bertz CT molecular complexity index is 1230. The molecule has 1 saturated heterocycles. The van der Waals surface area contributed by atoms with Crippen molar-refractivity contribution >= 4 is 27.5 Å². The van der Waals surface area contributed by atoms with Gasteiger partial charge in [-0.05, 0) is 50.1 Å². The molecule has 8 nitrogen and oxygen atoms in total. The molecular formula is C23H24N6O2S. The molecule has 1 aliphatic heterocycles. The summed E-state index contributed by atoms with van der Waals surface area (Å²) in [6.07, 6.45) is 1.37. The Morgan fingerprint density at radius 1 is 1.03 bits per heavy atom. The van der Waals surface area contributed by atoms with Crippen LogP contribution in [0.4, 0.5) is 17.5 Å². The lowest BCUT2D eigenvalue weighted by Gasteiger charge is -2.33. The van der Waals surface area contributed by atoms with Crippen LogP contribution in [0.5, 0.6) is 0 Å². The molecule has 32 heavy (non-hydrogen) atoms. The molecule has 1 aromatic heterocycles. The van der Waals surface area contributed by atoms with Gasteiger partial charge in [0, 0.05) is 36.6 Å². The molecule has 2 heterocycles. The minimum absolute atomic E-state index is 0.120. The summed E-state index contributed by atoms with van der Waals surface area (Å²) in [4.78, 5) is 11.5. The number of nitriles is 1. The molecule has 1 fully saturated rings. The quantitative estimate of drug-likeness (QED) is 0.595. The Labute approximate surface area is 188 Å². The second kappa shape index (κ2) is 9.34. The summed E-state index contributed by atoms with van der Waals surface area (Å²) in [7, 11) is -3.52. The number of aromatic nitrogens is 2. The van der Waals surface area contributed by atoms with Gasteiger partial charge in [0.2, 0.25) is 16.0 Å². The molecule has 2 N–H and O–H groups in total. The Kier molecular flexibility index (Phi) is 6.35. The van der Waals surface area contributed by atoms with Gasteiger partial charge in [-0.25, -0.2) is 18.1 Å². The minimum Gasteiger partial charge on any atom is -0.356 e. The van der Waals surface area contributed by atoms with E-state index in [1.54, 1.807) is 48.5 Å². The van der Waals surface area contributed by atoms with E-state index in [9.17, 15) is 8.42 Å². The van der Waals surface area contributed by atoms with Gasteiger partial charge in [-0.2, -0.15) is 10.2 Å². The van der Waals surface area contributed by atoms with E-state index in [-0.39, 0.29) is 10.9 Å². The van der Waals surface area contributed by atoms with Crippen LogP contribution >= 0.6 is 0 Å². The highest BCUT2D eigenvalue weighted by molar-refractivity contribution is 7.89. The summed E-state index contributed by atoms with van der Waals surface area (Å²) in [5, 5.41) is 12.3. The number of hydrogen-bond acceptors (Lipinski definition) is 7. The predicted octanol–water partition coefficient (Wildman–Crippen LogP) is 3.35. The van der Waals surface area contributed by atoms with E-state index < -0.39 is 10.0 Å². The molecule has 9 heteroatoms. The van der Waals surface area contributed by atoms with Gasteiger partial charge in [0.25, 0.3) is 0 Å². The molecule has 0 radical (unpaired) electrons. The topological polar surface area (TPSA) is 111 Å². The molecule has 0 saturated carbocycles. The van der Waals surface area contributed by atoms with Crippen LogP contribution < -0.4 is 14.9 Å². The fourth-order valence-corrected chi connectivity index (χ4v) is 5.01. The highest BCUT2D eigenvalue weighted by Gasteiger charge is 2.25. The van der Waals surface area contributed by atoms with Gasteiger partial charge in [0.05, 0.1) is 16.5 Å². The van der Waals surface area contributed by atoms with Crippen molar-refractivity contribution in [1.29, 1.82) is 5.26 Å². The molecule has 0 aliphatic carbocycles. The first kappa shape index (κ1) is 21.7. The monoisotopic (exact) mass is 448 g/mol. The first-order chi connectivity index (χ1) is 15.4. The highest BCUT2D eigenvalue weighted by Crippen LogP contribution is 2.23. The van der Waals surface area contributed by atoms with Crippen molar-refractivity contribution in [2.24, 2.45) is 0 Å². The summed E-state index contributed by atoms with van der Waals surface area (Å²) in [5.74, 6) is 1.25. The summed E-state index contributed by atoms with van der Waals surface area (Å²) < 4.78 is 28.0. The van der Waals surface area contributed by atoms with Crippen LogP contribution in [-0.2, 0) is 10.0 Å². The molecule has 0 atom stereocenters. The van der Waals surface area contributed by atoms with E-state index in [1.807, 2.05) is 19.1 Å². The van der Waals surface area contributed by atoms with Crippen molar-refractivity contribution in [3.63, 3.8) is 0 Å². The van der Waals surface area contributed by atoms with Crippen LogP contribution in [0.15, 0.2) is 65.6 Å². The molecule has 0 bridgehead atoms. The molecule has 1 aliphatic rings. The van der Waals surface area contributed by atoms with Crippen LogP contribution in [0.3, 0.4) is 0 Å².